The molecule has 0 spiro atoms. The van der Waals surface area contributed by atoms with Crippen molar-refractivity contribution in [2.45, 2.75) is 6.04 Å². The van der Waals surface area contributed by atoms with Crippen molar-refractivity contribution in [3.63, 3.8) is 0 Å². The maximum atomic E-state index is 12.7. The molecule has 0 aromatic heterocycles. The maximum absolute atomic E-state index is 12.7. The van der Waals surface area contributed by atoms with Crippen LogP contribution in [0.2, 0.25) is 0 Å². The molecule has 2 heterocycles. The minimum atomic E-state index is -0.818. The highest BCUT2D eigenvalue weighted by Crippen LogP contribution is 2.35. The molecule has 3 aromatic carbocycles. The van der Waals surface area contributed by atoms with Gasteiger partial charge in [-0.1, -0.05) is 36.4 Å². The van der Waals surface area contributed by atoms with E-state index in [1.54, 1.807) is 24.3 Å². The Morgan fingerprint density at radius 1 is 0.892 bits per heavy atom. The number of nitrogens with zero attached hydrogens (tertiary/aromatic N) is 3. The zero-order chi connectivity index (χ0) is 25.6. The van der Waals surface area contributed by atoms with Crippen molar-refractivity contribution in [3.05, 3.63) is 83.9 Å². The molecule has 9 heteroatoms. The third-order valence-electron chi connectivity index (χ3n) is 6.62. The van der Waals surface area contributed by atoms with E-state index in [1.807, 2.05) is 42.5 Å². The van der Waals surface area contributed by atoms with Gasteiger partial charge in [0.2, 0.25) is 6.79 Å². The zero-order valence-corrected chi connectivity index (χ0v) is 20.2. The second-order valence-corrected chi connectivity index (χ2v) is 8.81. The highest BCUT2D eigenvalue weighted by atomic mass is 16.7. The Morgan fingerprint density at radius 3 is 2.41 bits per heavy atom. The minimum absolute atomic E-state index is 0.171. The van der Waals surface area contributed by atoms with Gasteiger partial charge in [-0.15, -0.1) is 0 Å². The average molecular weight is 498 g/mol. The smallest absolute Gasteiger partial charge is 0.313 e. The van der Waals surface area contributed by atoms with Crippen LogP contribution in [-0.4, -0.2) is 56.2 Å². The molecule has 0 unspecified atom stereocenters. The predicted molar refractivity (Wildman–Crippen MR) is 138 cm³/mol. The van der Waals surface area contributed by atoms with Crippen LogP contribution in [-0.2, 0) is 9.59 Å². The van der Waals surface area contributed by atoms with Gasteiger partial charge in [0.15, 0.2) is 11.5 Å². The van der Waals surface area contributed by atoms with Crippen LogP contribution < -0.4 is 25.0 Å². The Bertz CT molecular complexity index is 1320. The molecule has 2 N–H and O–H groups in total. The van der Waals surface area contributed by atoms with Crippen LogP contribution in [0.25, 0.3) is 0 Å². The van der Waals surface area contributed by atoms with Gasteiger partial charge in [-0.2, -0.15) is 5.26 Å². The van der Waals surface area contributed by atoms with Gasteiger partial charge in [-0.25, -0.2) is 0 Å². The molecule has 0 saturated carbocycles. The summed E-state index contributed by atoms with van der Waals surface area (Å²) in [4.78, 5) is 29.9. The third kappa shape index (κ3) is 5.50. The number of hydrogen-bond acceptors (Lipinski definition) is 7. The molecule has 1 atom stereocenters. The van der Waals surface area contributed by atoms with Gasteiger partial charge in [0.05, 0.1) is 17.3 Å². The van der Waals surface area contributed by atoms with E-state index in [9.17, 15) is 14.9 Å². The topological polar surface area (TPSA) is 107 Å². The molecule has 3 aromatic rings. The highest BCUT2D eigenvalue weighted by Gasteiger charge is 2.28. The van der Waals surface area contributed by atoms with Crippen LogP contribution in [0.5, 0.6) is 11.5 Å². The molecule has 2 amide bonds. The van der Waals surface area contributed by atoms with Crippen molar-refractivity contribution in [1.29, 1.82) is 5.26 Å². The molecule has 0 bridgehead atoms. The minimum Gasteiger partial charge on any atom is -0.454 e. The summed E-state index contributed by atoms with van der Waals surface area (Å²) in [6.45, 7) is 3.66. The lowest BCUT2D eigenvalue weighted by molar-refractivity contribution is -0.136. The van der Waals surface area contributed by atoms with E-state index in [1.165, 1.54) is 5.69 Å². The maximum Gasteiger partial charge on any atom is 0.313 e. The SMILES string of the molecule is N#Cc1ccccc1NC(=O)C(=O)NC[C@H](c1ccc2c(c1)OCO2)N1CCN(c2ccccc2)CC1. The molecule has 37 heavy (non-hydrogen) atoms. The van der Waals surface area contributed by atoms with Gasteiger partial charge in [0.25, 0.3) is 0 Å². The summed E-state index contributed by atoms with van der Waals surface area (Å²) in [6.07, 6.45) is 0. The largest absolute Gasteiger partial charge is 0.454 e. The van der Waals surface area contributed by atoms with E-state index in [4.69, 9.17) is 9.47 Å². The molecular weight excluding hydrogens is 470 g/mol. The lowest BCUT2D eigenvalue weighted by Crippen LogP contribution is -2.50. The van der Waals surface area contributed by atoms with Crippen LogP contribution in [0.3, 0.4) is 0 Å². The zero-order valence-electron chi connectivity index (χ0n) is 20.2. The van der Waals surface area contributed by atoms with Gasteiger partial charge in [0.1, 0.15) is 6.07 Å². The third-order valence-corrected chi connectivity index (χ3v) is 6.62. The monoisotopic (exact) mass is 497 g/mol. The average Bonchev–Trinajstić information content (AvgIpc) is 3.42. The molecule has 1 fully saturated rings. The van der Waals surface area contributed by atoms with Crippen molar-refractivity contribution in [1.82, 2.24) is 10.2 Å². The van der Waals surface area contributed by atoms with Crippen molar-refractivity contribution in [2.75, 3.05) is 49.7 Å². The molecule has 0 radical (unpaired) electrons. The molecule has 2 aliphatic rings. The van der Waals surface area contributed by atoms with Crippen LogP contribution in [0, 0.1) is 11.3 Å². The Morgan fingerprint density at radius 2 is 1.62 bits per heavy atom. The van der Waals surface area contributed by atoms with E-state index >= 15 is 0 Å². The fourth-order valence-corrected chi connectivity index (χ4v) is 4.65. The molecule has 1 saturated heterocycles. The number of anilines is 2. The molecule has 5 rings (SSSR count). The van der Waals surface area contributed by atoms with Crippen molar-refractivity contribution >= 4 is 23.2 Å². The summed E-state index contributed by atoms with van der Waals surface area (Å²) in [5.74, 6) is -0.221. The van der Waals surface area contributed by atoms with Gasteiger partial charge in [-0.05, 0) is 42.0 Å². The standard InChI is InChI=1S/C28H27N5O4/c29-17-21-6-4-5-9-23(21)31-28(35)27(34)30-18-24(20-10-11-25-26(16-20)37-19-36-25)33-14-12-32(13-15-33)22-7-2-1-3-8-22/h1-11,16,24H,12-15,18-19H2,(H,30,34)(H,31,35)/t24-/m1/s1. The van der Waals surface area contributed by atoms with Gasteiger partial charge < -0.3 is 25.0 Å². The van der Waals surface area contributed by atoms with Crippen LogP contribution in [0.1, 0.15) is 17.2 Å². The van der Waals surface area contributed by atoms with Crippen molar-refractivity contribution < 1.29 is 19.1 Å². The number of carbonyl (C=O) groups is 2. The number of rotatable bonds is 6. The first-order valence-electron chi connectivity index (χ1n) is 12.1. The first kappa shape index (κ1) is 24.2. The number of amides is 2. The second kappa shape index (κ2) is 11.0. The van der Waals surface area contributed by atoms with Crippen LogP contribution in [0.15, 0.2) is 72.8 Å². The van der Waals surface area contributed by atoms with E-state index in [-0.39, 0.29) is 24.9 Å². The lowest BCUT2D eigenvalue weighted by Gasteiger charge is -2.40. The summed E-state index contributed by atoms with van der Waals surface area (Å²) in [5.41, 5.74) is 2.74. The Labute approximate surface area is 215 Å². The number of fused-ring (bicyclic) bond motifs is 1. The quantitative estimate of drug-likeness (QED) is 0.505. The Hall–Kier alpha value is -4.55. The summed E-state index contributed by atoms with van der Waals surface area (Å²) < 4.78 is 11.0. The van der Waals surface area contributed by atoms with E-state index in [0.717, 1.165) is 31.7 Å². The first-order valence-corrected chi connectivity index (χ1v) is 12.1. The molecule has 9 nitrogen and oxygen atoms in total. The molecule has 0 aliphatic carbocycles. The van der Waals surface area contributed by atoms with Crippen LogP contribution in [0.4, 0.5) is 11.4 Å². The number of nitriles is 1. The number of carbonyl (C=O) groups excluding carboxylic acids is 2. The number of piperazine rings is 1. The fourth-order valence-electron chi connectivity index (χ4n) is 4.65. The molecule has 188 valence electrons. The van der Waals surface area contributed by atoms with Crippen molar-refractivity contribution in [3.8, 4) is 17.6 Å². The predicted octanol–water partition coefficient (Wildman–Crippen LogP) is 2.91. The first-order chi connectivity index (χ1) is 18.1. The summed E-state index contributed by atoms with van der Waals surface area (Å²) in [7, 11) is 0. The van der Waals surface area contributed by atoms with Gasteiger partial charge in [-0.3, -0.25) is 14.5 Å². The summed E-state index contributed by atoms with van der Waals surface area (Å²) in [5, 5.41) is 14.6. The van der Waals surface area contributed by atoms with E-state index in [0.29, 0.717) is 17.2 Å². The van der Waals surface area contributed by atoms with Gasteiger partial charge >= 0.3 is 11.8 Å². The molecule has 2 aliphatic heterocycles. The number of nitrogens with one attached hydrogen (secondary N) is 2. The Balaban J connectivity index is 1.28. The normalized spacial score (nSPS) is 15.5. The van der Waals surface area contributed by atoms with Crippen molar-refractivity contribution in [2.24, 2.45) is 0 Å². The highest BCUT2D eigenvalue weighted by molar-refractivity contribution is 6.39. The Kier molecular flexibility index (Phi) is 7.19. The lowest BCUT2D eigenvalue weighted by atomic mass is 10.0. The summed E-state index contributed by atoms with van der Waals surface area (Å²) >= 11 is 0. The second-order valence-electron chi connectivity index (χ2n) is 8.81. The fraction of sp³-hybridized carbons (Fsp3) is 0.250. The number of ether oxygens (including phenoxy) is 2. The van der Waals surface area contributed by atoms with E-state index < -0.39 is 11.8 Å². The van der Waals surface area contributed by atoms with E-state index in [2.05, 4.69) is 32.6 Å². The number of para-hydroxylation sites is 2. The summed E-state index contributed by atoms with van der Waals surface area (Å²) in [6, 6.07) is 24.5. The molecular formula is C28H27N5O4. The van der Waals surface area contributed by atoms with Gasteiger partial charge in [0, 0.05) is 38.4 Å². The van der Waals surface area contributed by atoms with Crippen LogP contribution >= 0.6 is 0 Å². The number of benzene rings is 3. The number of hydrogen-bond donors (Lipinski definition) is 2.